The predicted octanol–water partition coefficient (Wildman–Crippen LogP) is 2.35. The van der Waals surface area contributed by atoms with Crippen molar-refractivity contribution in [2.45, 2.75) is 13.8 Å². The first-order chi connectivity index (χ1) is 5.24. The fourth-order valence-corrected chi connectivity index (χ4v) is 1.79. The summed E-state index contributed by atoms with van der Waals surface area (Å²) < 4.78 is 0. The van der Waals surface area contributed by atoms with E-state index >= 15 is 0 Å². The molecule has 2 nitrogen and oxygen atoms in total. The van der Waals surface area contributed by atoms with Crippen LogP contribution in [0.4, 0.5) is 0 Å². The Balaban J connectivity index is 2.85. The molecule has 0 spiro atoms. The van der Waals surface area contributed by atoms with Crippen LogP contribution in [0.5, 0.6) is 0 Å². The molecule has 0 fully saturated rings. The van der Waals surface area contributed by atoms with Gasteiger partial charge in [0.05, 0.1) is 6.21 Å². The maximum absolute atomic E-state index is 4.58. The molecule has 3 heteroatoms. The van der Waals surface area contributed by atoms with Gasteiger partial charge in [-0.25, -0.2) is 0 Å². The fraction of sp³-hybridized carbons (Fsp3) is 0.375. The molecule has 1 aromatic rings. The lowest BCUT2D eigenvalue weighted by Crippen LogP contribution is -1.79. The molecule has 0 unspecified atom stereocenters. The summed E-state index contributed by atoms with van der Waals surface area (Å²) in [7, 11) is 1.55. The van der Waals surface area contributed by atoms with Crippen molar-refractivity contribution in [1.29, 1.82) is 0 Å². The molecule has 0 radical (unpaired) electrons. The zero-order valence-electron chi connectivity index (χ0n) is 6.92. The van der Waals surface area contributed by atoms with E-state index in [4.69, 9.17) is 0 Å². The first-order valence-electron chi connectivity index (χ1n) is 3.37. The molecule has 1 rings (SSSR count). The quantitative estimate of drug-likeness (QED) is 0.492. The van der Waals surface area contributed by atoms with Gasteiger partial charge in [0.1, 0.15) is 7.11 Å². The van der Waals surface area contributed by atoms with Crippen molar-refractivity contribution in [3.05, 3.63) is 21.4 Å². The van der Waals surface area contributed by atoms with Gasteiger partial charge >= 0.3 is 0 Å². The summed E-state index contributed by atoms with van der Waals surface area (Å²) in [6.45, 7) is 4.16. The normalized spacial score (nSPS) is 10.8. The van der Waals surface area contributed by atoms with Gasteiger partial charge in [0.15, 0.2) is 0 Å². The highest BCUT2D eigenvalue weighted by Gasteiger charge is 1.98. The third-order valence-electron chi connectivity index (χ3n) is 1.38. The average molecular weight is 169 g/mol. The Kier molecular flexibility index (Phi) is 2.65. The summed E-state index contributed by atoms with van der Waals surface area (Å²) in [6, 6.07) is 2.10. The van der Waals surface area contributed by atoms with Crippen molar-refractivity contribution in [2.24, 2.45) is 5.16 Å². The second-order valence-electron chi connectivity index (χ2n) is 2.29. The van der Waals surface area contributed by atoms with Gasteiger partial charge < -0.3 is 4.84 Å². The highest BCUT2D eigenvalue weighted by molar-refractivity contribution is 7.12. The lowest BCUT2D eigenvalue weighted by Gasteiger charge is -1.86. The second kappa shape index (κ2) is 3.53. The molecular formula is C8H11NOS. The molecule has 0 bridgehead atoms. The highest BCUT2D eigenvalue weighted by atomic mass is 32.1. The summed E-state index contributed by atoms with van der Waals surface area (Å²) in [5.74, 6) is 0. The lowest BCUT2D eigenvalue weighted by atomic mass is 10.3. The van der Waals surface area contributed by atoms with E-state index in [0.29, 0.717) is 0 Å². The first kappa shape index (κ1) is 8.27. The monoisotopic (exact) mass is 169 g/mol. The van der Waals surface area contributed by atoms with Gasteiger partial charge in [0.25, 0.3) is 0 Å². The number of aryl methyl sites for hydroxylation is 2. The molecule has 11 heavy (non-hydrogen) atoms. The van der Waals surface area contributed by atoms with Crippen molar-refractivity contribution >= 4 is 17.6 Å². The van der Waals surface area contributed by atoms with Crippen LogP contribution in [0.1, 0.15) is 15.3 Å². The van der Waals surface area contributed by atoms with E-state index in [-0.39, 0.29) is 0 Å². The van der Waals surface area contributed by atoms with Gasteiger partial charge in [-0.2, -0.15) is 0 Å². The Morgan fingerprint density at radius 2 is 2.27 bits per heavy atom. The number of nitrogens with zero attached hydrogens (tertiary/aromatic N) is 1. The number of rotatable bonds is 2. The van der Waals surface area contributed by atoms with Crippen LogP contribution in [-0.2, 0) is 4.84 Å². The lowest BCUT2D eigenvalue weighted by molar-refractivity contribution is 0.215. The van der Waals surface area contributed by atoms with Gasteiger partial charge in [0, 0.05) is 15.3 Å². The molecule has 0 atom stereocenters. The van der Waals surface area contributed by atoms with Gasteiger partial charge in [0.2, 0.25) is 0 Å². The molecule has 0 aliphatic heterocycles. The van der Waals surface area contributed by atoms with Crippen LogP contribution in [0, 0.1) is 13.8 Å². The number of hydrogen-bond donors (Lipinski definition) is 0. The van der Waals surface area contributed by atoms with E-state index in [0.717, 1.165) is 5.56 Å². The summed E-state index contributed by atoms with van der Waals surface area (Å²) in [5, 5.41) is 3.70. The second-order valence-corrected chi connectivity index (χ2v) is 3.75. The van der Waals surface area contributed by atoms with Crippen LogP contribution in [0.15, 0.2) is 11.2 Å². The molecule has 1 heterocycles. The van der Waals surface area contributed by atoms with Crippen molar-refractivity contribution in [3.8, 4) is 0 Å². The molecule has 0 N–H and O–H groups in total. The molecule has 0 aromatic carbocycles. The van der Waals surface area contributed by atoms with E-state index in [9.17, 15) is 0 Å². The van der Waals surface area contributed by atoms with Gasteiger partial charge in [-0.05, 0) is 19.9 Å². The summed E-state index contributed by atoms with van der Waals surface area (Å²) in [4.78, 5) is 7.17. The summed E-state index contributed by atoms with van der Waals surface area (Å²) in [5.41, 5.74) is 1.15. The first-order valence-corrected chi connectivity index (χ1v) is 4.19. The van der Waals surface area contributed by atoms with Crippen LogP contribution in [0.25, 0.3) is 0 Å². The fourth-order valence-electron chi connectivity index (χ4n) is 0.888. The van der Waals surface area contributed by atoms with Crippen molar-refractivity contribution in [3.63, 3.8) is 0 Å². The zero-order chi connectivity index (χ0) is 8.27. The number of oxime groups is 1. The van der Waals surface area contributed by atoms with Crippen LogP contribution in [-0.4, -0.2) is 13.3 Å². The molecule has 1 aromatic heterocycles. The van der Waals surface area contributed by atoms with Crippen molar-refractivity contribution in [2.75, 3.05) is 7.11 Å². The number of hydrogen-bond acceptors (Lipinski definition) is 3. The molecule has 0 aliphatic carbocycles. The molecule has 0 saturated carbocycles. The average Bonchev–Trinajstić information content (AvgIpc) is 2.26. The van der Waals surface area contributed by atoms with Crippen LogP contribution in [0.3, 0.4) is 0 Å². The van der Waals surface area contributed by atoms with Crippen LogP contribution in [0.2, 0.25) is 0 Å². The molecule has 60 valence electrons. The standard InChI is InChI=1S/C8H11NOS/c1-6-4-8(5-9-10-3)7(2)11-6/h4-5H,1-3H3/b9-5+. The molecule has 0 amide bonds. The van der Waals surface area contributed by atoms with Crippen molar-refractivity contribution in [1.82, 2.24) is 0 Å². The maximum atomic E-state index is 4.58. The largest absolute Gasteiger partial charge is 0.399 e. The minimum absolute atomic E-state index is 1.15. The maximum Gasteiger partial charge on any atom is 0.106 e. The third kappa shape index (κ3) is 2.05. The van der Waals surface area contributed by atoms with Gasteiger partial charge in [-0.1, -0.05) is 5.16 Å². The van der Waals surface area contributed by atoms with Crippen LogP contribution >= 0.6 is 11.3 Å². The zero-order valence-corrected chi connectivity index (χ0v) is 7.73. The summed E-state index contributed by atoms with van der Waals surface area (Å²) in [6.07, 6.45) is 1.73. The minimum Gasteiger partial charge on any atom is -0.399 e. The Labute approximate surface area is 70.5 Å². The van der Waals surface area contributed by atoms with Crippen molar-refractivity contribution < 1.29 is 4.84 Å². The number of thiophene rings is 1. The third-order valence-corrected chi connectivity index (χ3v) is 2.36. The van der Waals surface area contributed by atoms with E-state index in [1.807, 2.05) is 0 Å². The van der Waals surface area contributed by atoms with Gasteiger partial charge in [-0.15, -0.1) is 11.3 Å². The van der Waals surface area contributed by atoms with E-state index in [1.54, 1.807) is 24.7 Å². The highest BCUT2D eigenvalue weighted by Crippen LogP contribution is 2.18. The van der Waals surface area contributed by atoms with E-state index < -0.39 is 0 Å². The smallest absolute Gasteiger partial charge is 0.106 e. The summed E-state index contributed by atoms with van der Waals surface area (Å²) >= 11 is 1.77. The Morgan fingerprint density at radius 3 is 2.73 bits per heavy atom. The molecule has 0 aliphatic rings. The Morgan fingerprint density at radius 1 is 1.55 bits per heavy atom. The predicted molar refractivity (Wildman–Crippen MR) is 48.4 cm³/mol. The topological polar surface area (TPSA) is 21.6 Å². The minimum atomic E-state index is 1.15. The molecule has 0 saturated heterocycles. The SMILES string of the molecule is CO/N=C/c1cc(C)sc1C. The van der Waals surface area contributed by atoms with E-state index in [1.165, 1.54) is 9.75 Å². The Hall–Kier alpha value is -0.830. The molecular weight excluding hydrogens is 158 g/mol. The van der Waals surface area contributed by atoms with Crippen LogP contribution < -0.4 is 0 Å². The Bertz CT molecular complexity index is 265. The van der Waals surface area contributed by atoms with E-state index in [2.05, 4.69) is 29.9 Å². The van der Waals surface area contributed by atoms with Gasteiger partial charge in [-0.3, -0.25) is 0 Å².